The van der Waals surface area contributed by atoms with Gasteiger partial charge in [0.05, 0.1) is 12.2 Å². The topological polar surface area (TPSA) is 128 Å². The highest BCUT2D eigenvalue weighted by molar-refractivity contribution is 5.91. The molecule has 1 fully saturated rings. The number of carbonyl (C=O) groups excluding carboxylic acids is 3. The van der Waals surface area contributed by atoms with Gasteiger partial charge in [0.15, 0.2) is 0 Å². The summed E-state index contributed by atoms with van der Waals surface area (Å²) in [7, 11) is 0. The van der Waals surface area contributed by atoms with Gasteiger partial charge in [-0.05, 0) is 75.4 Å². The first-order valence-electron chi connectivity index (χ1n) is 12.6. The Morgan fingerprint density at radius 1 is 0.865 bits per heavy atom. The minimum Gasteiger partial charge on any atom is -0.444 e. The van der Waals surface area contributed by atoms with Gasteiger partial charge < -0.3 is 25.2 Å². The largest absolute Gasteiger partial charge is 0.444 e. The van der Waals surface area contributed by atoms with Crippen LogP contribution in [-0.2, 0) is 27.2 Å². The number of likely N-dealkylation sites (tertiary alicyclic amines) is 1. The molecular formula is C28H37N3O6. The predicted molar refractivity (Wildman–Crippen MR) is 141 cm³/mol. The molecular weight excluding hydrogens is 474 g/mol. The molecule has 2 aromatic carbocycles. The lowest BCUT2D eigenvalue weighted by molar-refractivity contribution is -0.137. The molecule has 9 heteroatoms. The number of aliphatic hydroxyl groups excluding tert-OH is 2. The van der Waals surface area contributed by atoms with E-state index in [1.165, 1.54) is 0 Å². The van der Waals surface area contributed by atoms with Crippen LogP contribution >= 0.6 is 0 Å². The third kappa shape index (κ3) is 9.51. The summed E-state index contributed by atoms with van der Waals surface area (Å²) in [5.41, 5.74) is 2.69. The SMILES string of the molecule is CC(C)(C)OC(=O)Nc1ccc(CCC(=O)Nc2ccc(CCC(=O)N3CC[C@@H](O)[C@H](O)C3)cc2)cc1. The van der Waals surface area contributed by atoms with Crippen LogP contribution in [0.2, 0.25) is 0 Å². The third-order valence-corrected chi connectivity index (χ3v) is 6.00. The quantitative estimate of drug-likeness (QED) is 0.430. The van der Waals surface area contributed by atoms with Gasteiger partial charge in [0.2, 0.25) is 11.8 Å². The maximum atomic E-state index is 12.4. The number of hydrogen-bond acceptors (Lipinski definition) is 6. The summed E-state index contributed by atoms with van der Waals surface area (Å²) >= 11 is 0. The van der Waals surface area contributed by atoms with Gasteiger partial charge in [-0.25, -0.2) is 4.79 Å². The smallest absolute Gasteiger partial charge is 0.412 e. The van der Waals surface area contributed by atoms with Gasteiger partial charge in [0.1, 0.15) is 5.60 Å². The van der Waals surface area contributed by atoms with E-state index >= 15 is 0 Å². The molecule has 3 rings (SSSR count). The second-order valence-electron chi connectivity index (χ2n) is 10.3. The van der Waals surface area contributed by atoms with E-state index in [1.54, 1.807) is 37.8 Å². The number of β-amino-alcohol motifs (C(OH)–C–C–N with tert-alkyl or cyclic N) is 1. The molecule has 3 amide bonds. The standard InChI is InChI=1S/C28H37N3O6/c1-28(2,3)37-27(36)30-22-12-6-19(7-13-22)8-14-25(34)29-21-10-4-20(5-11-21)9-15-26(35)31-17-16-23(32)24(33)18-31/h4-7,10-13,23-24,32-33H,8-9,14-18H2,1-3H3,(H,29,34)(H,30,36)/t23-,24-/m1/s1. The van der Waals surface area contributed by atoms with Crippen LogP contribution < -0.4 is 10.6 Å². The van der Waals surface area contributed by atoms with E-state index in [9.17, 15) is 24.6 Å². The van der Waals surface area contributed by atoms with E-state index in [0.717, 1.165) is 11.1 Å². The van der Waals surface area contributed by atoms with Gasteiger partial charge in [0, 0.05) is 37.3 Å². The van der Waals surface area contributed by atoms with Crippen molar-refractivity contribution in [3.8, 4) is 0 Å². The van der Waals surface area contributed by atoms with Crippen molar-refractivity contribution in [2.24, 2.45) is 0 Å². The fraction of sp³-hybridized carbons (Fsp3) is 0.464. The normalized spacial score (nSPS) is 17.7. The molecule has 200 valence electrons. The van der Waals surface area contributed by atoms with Crippen LogP contribution in [0.3, 0.4) is 0 Å². The first-order chi connectivity index (χ1) is 17.5. The van der Waals surface area contributed by atoms with Crippen LogP contribution in [0.4, 0.5) is 16.2 Å². The maximum Gasteiger partial charge on any atom is 0.412 e. The molecule has 2 aromatic rings. The molecule has 9 nitrogen and oxygen atoms in total. The summed E-state index contributed by atoms with van der Waals surface area (Å²) in [5, 5.41) is 24.9. The molecule has 1 aliphatic heterocycles. The van der Waals surface area contributed by atoms with Crippen LogP contribution in [-0.4, -0.2) is 63.9 Å². The van der Waals surface area contributed by atoms with E-state index < -0.39 is 23.9 Å². The second-order valence-corrected chi connectivity index (χ2v) is 10.3. The first-order valence-corrected chi connectivity index (χ1v) is 12.6. The van der Waals surface area contributed by atoms with Crippen molar-refractivity contribution in [1.29, 1.82) is 0 Å². The molecule has 37 heavy (non-hydrogen) atoms. The van der Waals surface area contributed by atoms with Crippen molar-refractivity contribution in [2.75, 3.05) is 23.7 Å². The molecule has 1 aliphatic rings. The lowest BCUT2D eigenvalue weighted by Crippen LogP contribution is -2.49. The maximum absolute atomic E-state index is 12.4. The second kappa shape index (κ2) is 12.7. The number of amides is 3. The van der Waals surface area contributed by atoms with E-state index in [4.69, 9.17) is 4.74 Å². The molecule has 2 atom stereocenters. The molecule has 0 bridgehead atoms. The Bertz CT molecular complexity index is 1060. The van der Waals surface area contributed by atoms with Crippen molar-refractivity contribution in [1.82, 2.24) is 4.90 Å². The van der Waals surface area contributed by atoms with Crippen molar-refractivity contribution >= 4 is 29.3 Å². The summed E-state index contributed by atoms with van der Waals surface area (Å²) in [5.74, 6) is -0.151. The zero-order valence-electron chi connectivity index (χ0n) is 21.7. The number of aryl methyl sites for hydroxylation is 2. The number of carbonyl (C=O) groups is 3. The lowest BCUT2D eigenvalue weighted by atomic mass is 10.0. The van der Waals surface area contributed by atoms with E-state index in [2.05, 4.69) is 10.6 Å². The lowest BCUT2D eigenvalue weighted by Gasteiger charge is -2.33. The van der Waals surface area contributed by atoms with Crippen molar-refractivity contribution < 1.29 is 29.3 Å². The monoisotopic (exact) mass is 511 g/mol. The fourth-order valence-electron chi connectivity index (χ4n) is 3.97. The van der Waals surface area contributed by atoms with E-state index in [-0.39, 0.29) is 18.4 Å². The number of nitrogens with zero attached hydrogens (tertiary/aromatic N) is 1. The summed E-state index contributed by atoms with van der Waals surface area (Å²) in [6.45, 7) is 6.02. The van der Waals surface area contributed by atoms with Crippen molar-refractivity contribution in [3.63, 3.8) is 0 Å². The zero-order valence-corrected chi connectivity index (χ0v) is 21.7. The van der Waals surface area contributed by atoms with Gasteiger partial charge in [-0.1, -0.05) is 24.3 Å². The minimum atomic E-state index is -0.888. The number of nitrogens with one attached hydrogen (secondary N) is 2. The van der Waals surface area contributed by atoms with E-state index in [1.807, 2.05) is 36.4 Å². The van der Waals surface area contributed by atoms with Crippen LogP contribution in [0, 0.1) is 0 Å². The molecule has 0 unspecified atom stereocenters. The van der Waals surface area contributed by atoms with Crippen LogP contribution in [0.15, 0.2) is 48.5 Å². The van der Waals surface area contributed by atoms with Crippen molar-refractivity contribution in [3.05, 3.63) is 59.7 Å². The number of aliphatic hydroxyl groups is 2. The molecule has 1 heterocycles. The highest BCUT2D eigenvalue weighted by Gasteiger charge is 2.28. The summed E-state index contributed by atoms with van der Waals surface area (Å²) < 4.78 is 5.23. The molecule has 0 radical (unpaired) electrons. The average molecular weight is 512 g/mol. The third-order valence-electron chi connectivity index (χ3n) is 6.00. The highest BCUT2D eigenvalue weighted by Crippen LogP contribution is 2.17. The Morgan fingerprint density at radius 3 is 1.95 bits per heavy atom. The van der Waals surface area contributed by atoms with Crippen LogP contribution in [0.1, 0.15) is 51.2 Å². The van der Waals surface area contributed by atoms with Crippen molar-refractivity contribution in [2.45, 2.75) is 70.7 Å². The molecule has 1 saturated heterocycles. The number of ether oxygens (including phenoxy) is 1. The number of rotatable bonds is 8. The van der Waals surface area contributed by atoms with Crippen LogP contribution in [0.5, 0.6) is 0 Å². The van der Waals surface area contributed by atoms with Gasteiger partial charge >= 0.3 is 6.09 Å². The number of anilines is 2. The van der Waals surface area contributed by atoms with Gasteiger partial charge in [0.25, 0.3) is 0 Å². The average Bonchev–Trinajstić information content (AvgIpc) is 2.83. The summed E-state index contributed by atoms with van der Waals surface area (Å²) in [4.78, 5) is 38.2. The Kier molecular flexibility index (Phi) is 9.66. The minimum absolute atomic E-state index is 0.0445. The number of hydrogen-bond donors (Lipinski definition) is 4. The molecule has 0 aromatic heterocycles. The molecule has 0 spiro atoms. The Labute approximate surface area is 217 Å². The van der Waals surface area contributed by atoms with Gasteiger partial charge in [-0.2, -0.15) is 0 Å². The zero-order chi connectivity index (χ0) is 27.0. The Morgan fingerprint density at radius 2 is 1.41 bits per heavy atom. The highest BCUT2D eigenvalue weighted by atomic mass is 16.6. The number of benzene rings is 2. The van der Waals surface area contributed by atoms with E-state index in [0.29, 0.717) is 50.0 Å². The summed E-state index contributed by atoms with van der Waals surface area (Å²) in [6, 6.07) is 14.7. The molecule has 4 N–H and O–H groups in total. The molecule has 0 saturated carbocycles. The van der Waals surface area contributed by atoms with Gasteiger partial charge in [-0.3, -0.25) is 14.9 Å². The number of piperidine rings is 1. The first kappa shape index (κ1) is 28.1. The fourth-order valence-corrected chi connectivity index (χ4v) is 3.97. The summed E-state index contributed by atoms with van der Waals surface area (Å²) in [6.07, 6.45) is -0.0344. The Balaban J connectivity index is 1.38. The predicted octanol–water partition coefficient (Wildman–Crippen LogP) is 3.49. The van der Waals surface area contributed by atoms with Gasteiger partial charge in [-0.15, -0.1) is 0 Å². The van der Waals surface area contributed by atoms with Crippen LogP contribution in [0.25, 0.3) is 0 Å². The molecule has 0 aliphatic carbocycles. The Hall–Kier alpha value is -3.43.